The molecule has 27 heavy (non-hydrogen) atoms. The lowest BCUT2D eigenvalue weighted by Crippen LogP contribution is -2.02. The Kier molecular flexibility index (Phi) is 5.82. The zero-order chi connectivity index (χ0) is 19.6. The molecule has 0 aliphatic carbocycles. The minimum atomic E-state index is -0.128. The zero-order valence-corrected chi connectivity index (χ0v) is 16.9. The van der Waals surface area contributed by atoms with Crippen molar-refractivity contribution < 1.29 is 4.79 Å². The topological polar surface area (TPSA) is 52.7 Å². The van der Waals surface area contributed by atoms with Gasteiger partial charge in [-0.25, -0.2) is 4.68 Å². The van der Waals surface area contributed by atoms with E-state index in [1.807, 2.05) is 45.0 Å². The molecule has 2 heterocycles. The fraction of sp³-hybridized carbons (Fsp3) is 0.250. The fourth-order valence-corrected chi connectivity index (χ4v) is 3.14. The summed E-state index contributed by atoms with van der Waals surface area (Å²) in [6.07, 6.45) is 6.51. The average molecular weight is 403 g/mol. The van der Waals surface area contributed by atoms with E-state index in [-0.39, 0.29) is 11.8 Å². The normalized spacial score (nSPS) is 11.6. The van der Waals surface area contributed by atoms with Crippen molar-refractivity contribution in [2.45, 2.75) is 33.4 Å². The van der Waals surface area contributed by atoms with Crippen LogP contribution in [0.25, 0.3) is 6.08 Å². The van der Waals surface area contributed by atoms with Crippen LogP contribution in [0.15, 0.2) is 42.7 Å². The minimum Gasteiger partial charge on any atom is -0.289 e. The highest BCUT2D eigenvalue weighted by Gasteiger charge is 2.14. The van der Waals surface area contributed by atoms with Crippen LogP contribution in [0.5, 0.6) is 0 Å². The van der Waals surface area contributed by atoms with Crippen molar-refractivity contribution in [3.8, 4) is 0 Å². The fourth-order valence-electron chi connectivity index (χ4n) is 2.65. The molecule has 0 aliphatic heterocycles. The third-order valence-electron chi connectivity index (χ3n) is 4.20. The van der Waals surface area contributed by atoms with Gasteiger partial charge in [0.2, 0.25) is 0 Å². The van der Waals surface area contributed by atoms with E-state index in [1.165, 1.54) is 6.08 Å². The Morgan fingerprint density at radius 2 is 2.00 bits per heavy atom. The average Bonchev–Trinajstić information content (AvgIpc) is 3.22. The van der Waals surface area contributed by atoms with Crippen LogP contribution >= 0.6 is 23.2 Å². The van der Waals surface area contributed by atoms with Gasteiger partial charge in [-0.1, -0.05) is 41.4 Å². The van der Waals surface area contributed by atoms with Crippen LogP contribution in [0, 0.1) is 6.92 Å². The Morgan fingerprint density at radius 3 is 2.67 bits per heavy atom. The standard InChI is InChI=1S/C20H20Cl2N4O/c1-13(2)25-12-16(10-23-25)19(27)9-8-17-14(3)24-26(20(17)22)11-15-6-4-5-7-18(15)21/h4-10,12-13H,11H2,1-3H3/b9-8+. The van der Waals surface area contributed by atoms with Crippen LogP contribution < -0.4 is 0 Å². The smallest absolute Gasteiger partial charge is 0.189 e. The molecule has 1 aromatic carbocycles. The summed E-state index contributed by atoms with van der Waals surface area (Å²) in [6.45, 7) is 6.33. The molecule has 3 aromatic rings. The number of halogens is 2. The maximum atomic E-state index is 12.4. The summed E-state index contributed by atoms with van der Waals surface area (Å²) in [5.74, 6) is -0.128. The summed E-state index contributed by atoms with van der Waals surface area (Å²) in [6, 6.07) is 7.76. The minimum absolute atomic E-state index is 0.128. The SMILES string of the molecule is Cc1nn(Cc2ccccc2Cl)c(Cl)c1/C=C/C(=O)c1cnn(C(C)C)c1. The maximum Gasteiger partial charge on any atom is 0.189 e. The molecule has 0 saturated carbocycles. The van der Waals surface area contributed by atoms with E-state index in [1.54, 1.807) is 27.8 Å². The number of carbonyl (C=O) groups is 1. The third-order valence-corrected chi connectivity index (χ3v) is 4.97. The van der Waals surface area contributed by atoms with Crippen molar-refractivity contribution in [2.24, 2.45) is 0 Å². The third kappa shape index (κ3) is 4.31. The van der Waals surface area contributed by atoms with E-state index in [4.69, 9.17) is 23.2 Å². The summed E-state index contributed by atoms with van der Waals surface area (Å²) >= 11 is 12.7. The van der Waals surface area contributed by atoms with Crippen molar-refractivity contribution in [3.63, 3.8) is 0 Å². The van der Waals surface area contributed by atoms with Gasteiger partial charge in [0.1, 0.15) is 5.15 Å². The first-order valence-electron chi connectivity index (χ1n) is 8.59. The van der Waals surface area contributed by atoms with E-state index in [2.05, 4.69) is 10.2 Å². The molecule has 3 rings (SSSR count). The quantitative estimate of drug-likeness (QED) is 0.419. The van der Waals surface area contributed by atoms with Crippen molar-refractivity contribution in [1.82, 2.24) is 19.6 Å². The number of hydrogen-bond donors (Lipinski definition) is 0. The molecule has 0 aliphatic rings. The lowest BCUT2D eigenvalue weighted by molar-refractivity contribution is 0.104. The van der Waals surface area contributed by atoms with Crippen LogP contribution in [-0.2, 0) is 6.54 Å². The van der Waals surface area contributed by atoms with Gasteiger partial charge in [-0.3, -0.25) is 9.48 Å². The number of allylic oxidation sites excluding steroid dienone is 1. The number of ketones is 1. The largest absolute Gasteiger partial charge is 0.289 e. The lowest BCUT2D eigenvalue weighted by atomic mass is 10.1. The van der Waals surface area contributed by atoms with Crippen LogP contribution in [-0.4, -0.2) is 25.3 Å². The number of hydrogen-bond acceptors (Lipinski definition) is 3. The second-order valence-electron chi connectivity index (χ2n) is 6.54. The van der Waals surface area contributed by atoms with Crippen LogP contribution in [0.2, 0.25) is 10.2 Å². The van der Waals surface area contributed by atoms with Crippen molar-refractivity contribution in [2.75, 3.05) is 0 Å². The van der Waals surface area contributed by atoms with Gasteiger partial charge < -0.3 is 0 Å². The van der Waals surface area contributed by atoms with Gasteiger partial charge >= 0.3 is 0 Å². The molecule has 2 aromatic heterocycles. The first-order chi connectivity index (χ1) is 12.9. The van der Waals surface area contributed by atoms with Gasteiger partial charge in [-0.15, -0.1) is 0 Å². The summed E-state index contributed by atoms with van der Waals surface area (Å²) < 4.78 is 3.43. The molecule has 7 heteroatoms. The second-order valence-corrected chi connectivity index (χ2v) is 7.30. The number of benzene rings is 1. The lowest BCUT2D eigenvalue weighted by Gasteiger charge is -2.05. The highest BCUT2D eigenvalue weighted by atomic mass is 35.5. The number of aryl methyl sites for hydroxylation is 1. The summed E-state index contributed by atoms with van der Waals surface area (Å²) in [5, 5.41) is 9.79. The van der Waals surface area contributed by atoms with Crippen molar-refractivity contribution in [3.05, 3.63) is 75.3 Å². The summed E-state index contributed by atoms with van der Waals surface area (Å²) in [4.78, 5) is 12.4. The first kappa shape index (κ1) is 19.4. The van der Waals surface area contributed by atoms with Gasteiger partial charge in [0, 0.05) is 22.8 Å². The predicted octanol–water partition coefficient (Wildman–Crippen LogP) is 5.22. The van der Waals surface area contributed by atoms with E-state index in [9.17, 15) is 4.79 Å². The predicted molar refractivity (Wildman–Crippen MR) is 109 cm³/mol. The van der Waals surface area contributed by atoms with Crippen LogP contribution in [0.4, 0.5) is 0 Å². The number of aromatic nitrogens is 4. The Hall–Kier alpha value is -2.37. The Bertz CT molecular complexity index is 1000. The highest BCUT2D eigenvalue weighted by Crippen LogP contribution is 2.24. The molecule has 5 nitrogen and oxygen atoms in total. The van der Waals surface area contributed by atoms with E-state index >= 15 is 0 Å². The molecular weight excluding hydrogens is 383 g/mol. The molecular formula is C20H20Cl2N4O. The molecule has 140 valence electrons. The molecule has 0 radical (unpaired) electrons. The highest BCUT2D eigenvalue weighted by molar-refractivity contribution is 6.32. The first-order valence-corrected chi connectivity index (χ1v) is 9.35. The molecule has 0 N–H and O–H groups in total. The molecule has 0 amide bonds. The Morgan fingerprint density at radius 1 is 1.26 bits per heavy atom. The van der Waals surface area contributed by atoms with E-state index < -0.39 is 0 Å². The monoisotopic (exact) mass is 402 g/mol. The molecule has 0 spiro atoms. The van der Waals surface area contributed by atoms with Gasteiger partial charge in [-0.05, 0) is 44.6 Å². The van der Waals surface area contributed by atoms with Crippen molar-refractivity contribution >= 4 is 35.1 Å². The van der Waals surface area contributed by atoms with Gasteiger partial charge in [0.25, 0.3) is 0 Å². The summed E-state index contributed by atoms with van der Waals surface area (Å²) in [7, 11) is 0. The molecule has 0 fully saturated rings. The Balaban J connectivity index is 1.80. The van der Waals surface area contributed by atoms with Gasteiger partial charge in [0.15, 0.2) is 5.78 Å². The van der Waals surface area contributed by atoms with Crippen LogP contribution in [0.1, 0.15) is 47.1 Å². The van der Waals surface area contributed by atoms with Gasteiger partial charge in [0.05, 0.1) is 24.0 Å². The van der Waals surface area contributed by atoms with E-state index in [0.29, 0.717) is 27.8 Å². The molecule has 0 saturated heterocycles. The Labute approximate surface area is 168 Å². The zero-order valence-electron chi connectivity index (χ0n) is 15.4. The second kappa shape index (κ2) is 8.11. The number of nitrogens with zero attached hydrogens (tertiary/aromatic N) is 4. The number of carbonyl (C=O) groups excluding carboxylic acids is 1. The number of rotatable bonds is 6. The summed E-state index contributed by atoms with van der Waals surface area (Å²) in [5.41, 5.74) is 2.93. The molecule has 0 unspecified atom stereocenters. The molecule has 0 bridgehead atoms. The van der Waals surface area contributed by atoms with Gasteiger partial charge in [-0.2, -0.15) is 10.2 Å². The molecule has 0 atom stereocenters. The van der Waals surface area contributed by atoms with Crippen LogP contribution in [0.3, 0.4) is 0 Å². The maximum absolute atomic E-state index is 12.4. The van der Waals surface area contributed by atoms with E-state index in [0.717, 1.165) is 11.3 Å². The van der Waals surface area contributed by atoms with Crippen molar-refractivity contribution in [1.29, 1.82) is 0 Å².